The minimum absolute atomic E-state index is 0.0789. The zero-order chi connectivity index (χ0) is 18.1. The molecule has 0 bridgehead atoms. The third kappa shape index (κ3) is 6.45. The maximum absolute atomic E-state index is 11.9. The molecule has 0 saturated heterocycles. The normalized spacial score (nSPS) is 10.1. The third-order valence-corrected chi connectivity index (χ3v) is 3.47. The zero-order valence-electron chi connectivity index (χ0n) is 14.0. The van der Waals surface area contributed by atoms with Crippen molar-refractivity contribution in [3.8, 4) is 6.07 Å². The summed E-state index contributed by atoms with van der Waals surface area (Å²) in [6.45, 7) is 0.945. The van der Waals surface area contributed by atoms with E-state index in [0.717, 1.165) is 11.1 Å². The average molecular weight is 336 g/mol. The van der Waals surface area contributed by atoms with E-state index >= 15 is 0 Å². The molecule has 2 N–H and O–H groups in total. The standard InChI is InChI=1S/C19H20N4O2/c1-23(13-17-9-5-8-16(10-17)11-20)14-18(24)22-19(25)21-12-15-6-3-2-4-7-15/h2-10H,12-14H2,1H3,(H2,21,22,24,25). The largest absolute Gasteiger partial charge is 0.334 e. The molecule has 0 heterocycles. The van der Waals surface area contributed by atoms with Gasteiger partial charge in [-0.15, -0.1) is 0 Å². The van der Waals surface area contributed by atoms with E-state index in [-0.39, 0.29) is 12.5 Å². The number of nitrogens with one attached hydrogen (secondary N) is 2. The Kier molecular flexibility index (Phi) is 6.69. The highest BCUT2D eigenvalue weighted by molar-refractivity contribution is 5.95. The van der Waals surface area contributed by atoms with Crippen molar-refractivity contribution in [3.63, 3.8) is 0 Å². The molecule has 6 heteroatoms. The molecule has 0 aliphatic heterocycles. The van der Waals surface area contributed by atoms with Crippen LogP contribution in [-0.2, 0) is 17.9 Å². The van der Waals surface area contributed by atoms with Crippen LogP contribution in [0.25, 0.3) is 0 Å². The smallest absolute Gasteiger partial charge is 0.321 e. The molecule has 0 unspecified atom stereocenters. The molecule has 0 aliphatic rings. The monoisotopic (exact) mass is 336 g/mol. The van der Waals surface area contributed by atoms with Gasteiger partial charge in [0.05, 0.1) is 18.2 Å². The number of imide groups is 1. The van der Waals surface area contributed by atoms with Crippen LogP contribution in [0.5, 0.6) is 0 Å². The lowest BCUT2D eigenvalue weighted by molar-refractivity contribution is -0.120. The molecular weight excluding hydrogens is 316 g/mol. The molecule has 128 valence electrons. The topological polar surface area (TPSA) is 85.2 Å². The van der Waals surface area contributed by atoms with Crippen molar-refractivity contribution in [2.24, 2.45) is 0 Å². The first-order valence-corrected chi connectivity index (χ1v) is 7.86. The van der Waals surface area contributed by atoms with Gasteiger partial charge in [0.25, 0.3) is 0 Å². The number of nitrogens with zero attached hydrogens (tertiary/aromatic N) is 2. The van der Waals surface area contributed by atoms with E-state index in [4.69, 9.17) is 5.26 Å². The van der Waals surface area contributed by atoms with Crippen molar-refractivity contribution in [1.29, 1.82) is 5.26 Å². The Balaban J connectivity index is 1.75. The molecule has 2 aromatic rings. The molecule has 0 aromatic heterocycles. The number of amides is 3. The molecule has 6 nitrogen and oxygen atoms in total. The van der Waals surface area contributed by atoms with Crippen LogP contribution in [0.15, 0.2) is 54.6 Å². The second kappa shape index (κ2) is 9.21. The van der Waals surface area contributed by atoms with Crippen molar-refractivity contribution in [1.82, 2.24) is 15.5 Å². The fourth-order valence-corrected chi connectivity index (χ4v) is 2.34. The molecule has 0 radical (unpaired) electrons. The molecule has 25 heavy (non-hydrogen) atoms. The molecule has 0 atom stereocenters. The van der Waals surface area contributed by atoms with Crippen molar-refractivity contribution in [2.75, 3.05) is 13.6 Å². The summed E-state index contributed by atoms with van der Waals surface area (Å²) in [5.41, 5.74) is 2.47. The zero-order valence-corrected chi connectivity index (χ0v) is 14.0. The fraction of sp³-hybridized carbons (Fsp3) is 0.211. The first-order chi connectivity index (χ1) is 12.1. The Morgan fingerprint density at radius 1 is 1.08 bits per heavy atom. The Bertz CT molecular complexity index is 768. The van der Waals surface area contributed by atoms with Crippen LogP contribution in [-0.4, -0.2) is 30.4 Å². The van der Waals surface area contributed by atoms with Gasteiger partial charge in [-0.25, -0.2) is 4.79 Å². The number of hydrogen-bond acceptors (Lipinski definition) is 4. The molecule has 2 aromatic carbocycles. The molecule has 0 saturated carbocycles. The lowest BCUT2D eigenvalue weighted by Crippen LogP contribution is -2.43. The summed E-state index contributed by atoms with van der Waals surface area (Å²) in [5, 5.41) is 13.9. The second-order valence-electron chi connectivity index (χ2n) is 5.70. The Morgan fingerprint density at radius 3 is 2.52 bits per heavy atom. The van der Waals surface area contributed by atoms with Gasteiger partial charge in [-0.2, -0.15) is 5.26 Å². The third-order valence-electron chi connectivity index (χ3n) is 3.47. The quantitative estimate of drug-likeness (QED) is 0.845. The van der Waals surface area contributed by atoms with Gasteiger partial charge in [0.15, 0.2) is 0 Å². The van der Waals surface area contributed by atoms with E-state index in [1.165, 1.54) is 0 Å². The van der Waals surface area contributed by atoms with Crippen molar-refractivity contribution < 1.29 is 9.59 Å². The number of likely N-dealkylation sites (N-methyl/N-ethyl adjacent to an activating group) is 1. The van der Waals surface area contributed by atoms with Crippen LogP contribution in [0.2, 0.25) is 0 Å². The number of nitriles is 1. The van der Waals surface area contributed by atoms with Crippen LogP contribution in [0.1, 0.15) is 16.7 Å². The van der Waals surface area contributed by atoms with Gasteiger partial charge in [-0.1, -0.05) is 42.5 Å². The summed E-state index contributed by atoms with van der Waals surface area (Å²) in [5.74, 6) is -0.385. The summed E-state index contributed by atoms with van der Waals surface area (Å²) < 4.78 is 0. The van der Waals surface area contributed by atoms with Crippen LogP contribution < -0.4 is 10.6 Å². The minimum atomic E-state index is -0.520. The van der Waals surface area contributed by atoms with E-state index in [9.17, 15) is 9.59 Å². The van der Waals surface area contributed by atoms with Gasteiger partial charge < -0.3 is 5.32 Å². The summed E-state index contributed by atoms with van der Waals surface area (Å²) in [4.78, 5) is 25.4. The lowest BCUT2D eigenvalue weighted by Gasteiger charge is -2.16. The van der Waals surface area contributed by atoms with Gasteiger partial charge in [-0.3, -0.25) is 15.0 Å². The molecule has 0 aliphatic carbocycles. The highest BCUT2D eigenvalue weighted by Gasteiger charge is 2.11. The van der Waals surface area contributed by atoms with Crippen LogP contribution in [0.4, 0.5) is 4.79 Å². The summed E-state index contributed by atoms with van der Waals surface area (Å²) in [7, 11) is 1.78. The molecule has 2 rings (SSSR count). The lowest BCUT2D eigenvalue weighted by atomic mass is 10.1. The SMILES string of the molecule is CN(CC(=O)NC(=O)NCc1ccccc1)Cc1cccc(C#N)c1. The van der Waals surface area contributed by atoms with Gasteiger partial charge in [0, 0.05) is 13.1 Å². The maximum atomic E-state index is 11.9. The van der Waals surface area contributed by atoms with Crippen molar-refractivity contribution in [3.05, 3.63) is 71.3 Å². The number of carbonyl (C=O) groups excluding carboxylic acids is 2. The number of benzene rings is 2. The molecular formula is C19H20N4O2. The highest BCUT2D eigenvalue weighted by Crippen LogP contribution is 2.06. The van der Waals surface area contributed by atoms with Gasteiger partial charge in [-0.05, 0) is 30.3 Å². The van der Waals surface area contributed by atoms with Gasteiger partial charge >= 0.3 is 6.03 Å². The fourth-order valence-electron chi connectivity index (χ4n) is 2.34. The summed E-state index contributed by atoms with van der Waals surface area (Å²) >= 11 is 0. The van der Waals surface area contributed by atoms with E-state index in [2.05, 4.69) is 16.7 Å². The van der Waals surface area contributed by atoms with Crippen molar-refractivity contribution in [2.45, 2.75) is 13.1 Å². The number of carbonyl (C=O) groups is 2. The van der Waals surface area contributed by atoms with Gasteiger partial charge in [0.2, 0.25) is 5.91 Å². The Labute approximate surface area is 147 Å². The predicted molar refractivity (Wildman–Crippen MR) is 94.3 cm³/mol. The van der Waals surface area contributed by atoms with Crippen LogP contribution >= 0.6 is 0 Å². The summed E-state index contributed by atoms with van der Waals surface area (Å²) in [6, 6.07) is 18.2. The van der Waals surface area contributed by atoms with Gasteiger partial charge in [0.1, 0.15) is 0 Å². The maximum Gasteiger partial charge on any atom is 0.321 e. The van der Waals surface area contributed by atoms with Crippen molar-refractivity contribution >= 4 is 11.9 Å². The van der Waals surface area contributed by atoms with Crippen LogP contribution in [0.3, 0.4) is 0 Å². The highest BCUT2D eigenvalue weighted by atomic mass is 16.2. The number of rotatable bonds is 6. The van der Waals surface area contributed by atoms with E-state index in [1.54, 1.807) is 30.1 Å². The summed E-state index contributed by atoms with van der Waals surface area (Å²) in [6.07, 6.45) is 0. The van der Waals surface area contributed by atoms with E-state index in [1.807, 2.05) is 36.4 Å². The average Bonchev–Trinajstić information content (AvgIpc) is 2.60. The predicted octanol–water partition coefficient (Wildman–Crippen LogP) is 2.02. The first-order valence-electron chi connectivity index (χ1n) is 7.86. The first kappa shape index (κ1) is 18.2. The molecule has 0 spiro atoms. The Morgan fingerprint density at radius 2 is 1.80 bits per heavy atom. The van der Waals surface area contributed by atoms with E-state index < -0.39 is 6.03 Å². The molecule has 0 fully saturated rings. The molecule has 3 amide bonds. The number of urea groups is 1. The van der Waals surface area contributed by atoms with E-state index in [0.29, 0.717) is 18.7 Å². The minimum Gasteiger partial charge on any atom is -0.334 e. The van der Waals surface area contributed by atoms with Crippen LogP contribution in [0, 0.1) is 11.3 Å². The second-order valence-corrected chi connectivity index (χ2v) is 5.70. The Hall–Kier alpha value is -3.17. The number of hydrogen-bond donors (Lipinski definition) is 2.